The molecule has 0 fully saturated rings. The van der Waals surface area contributed by atoms with Crippen LogP contribution in [0.2, 0.25) is 5.02 Å². The van der Waals surface area contributed by atoms with Crippen LogP contribution in [-0.2, 0) is 32.1 Å². The number of carbonyl (C=O) groups is 2. The van der Waals surface area contributed by atoms with E-state index in [-0.39, 0.29) is 13.0 Å². The SMILES string of the molecule is C[C@H](N[C@@H](Cc1ccc(-c2ccccc2)cc1Cl)C(=O)OCc1ccccc1)C(=O)OC(C)(C)C. The van der Waals surface area contributed by atoms with E-state index in [1.165, 1.54) is 0 Å². The first-order valence-corrected chi connectivity index (χ1v) is 12.0. The van der Waals surface area contributed by atoms with Gasteiger partial charge in [-0.25, -0.2) is 0 Å². The lowest BCUT2D eigenvalue weighted by Gasteiger charge is -2.25. The molecule has 2 atom stereocenters. The van der Waals surface area contributed by atoms with E-state index in [0.717, 1.165) is 22.3 Å². The number of benzene rings is 3. The molecule has 6 heteroatoms. The van der Waals surface area contributed by atoms with E-state index in [0.29, 0.717) is 5.02 Å². The quantitative estimate of drug-likeness (QED) is 0.371. The van der Waals surface area contributed by atoms with Crippen molar-refractivity contribution < 1.29 is 19.1 Å². The molecule has 0 amide bonds. The van der Waals surface area contributed by atoms with Crippen molar-refractivity contribution in [3.63, 3.8) is 0 Å². The highest BCUT2D eigenvalue weighted by atomic mass is 35.5. The standard InChI is InChI=1S/C29H32ClNO4/c1-20(27(32)35-29(2,3)4)31-26(28(33)34-19-21-11-7-5-8-12-21)18-24-16-15-23(17-25(24)30)22-13-9-6-10-14-22/h5-17,20,26,31H,18-19H2,1-4H3/t20-,26-/m0/s1. The van der Waals surface area contributed by atoms with E-state index >= 15 is 0 Å². The molecule has 0 aliphatic rings. The van der Waals surface area contributed by atoms with Crippen molar-refractivity contribution in [3.05, 3.63) is 95.0 Å². The predicted molar refractivity (Wildman–Crippen MR) is 139 cm³/mol. The number of nitrogens with one attached hydrogen (secondary N) is 1. The van der Waals surface area contributed by atoms with E-state index < -0.39 is 29.6 Å². The fourth-order valence-corrected chi connectivity index (χ4v) is 3.80. The molecule has 0 saturated heterocycles. The summed E-state index contributed by atoms with van der Waals surface area (Å²) in [7, 11) is 0. The van der Waals surface area contributed by atoms with Crippen LogP contribution < -0.4 is 5.32 Å². The number of carbonyl (C=O) groups excluding carboxylic acids is 2. The molecule has 0 radical (unpaired) electrons. The smallest absolute Gasteiger partial charge is 0.323 e. The summed E-state index contributed by atoms with van der Waals surface area (Å²) in [5, 5.41) is 3.63. The lowest BCUT2D eigenvalue weighted by molar-refractivity contribution is -0.158. The summed E-state index contributed by atoms with van der Waals surface area (Å²) in [6, 6.07) is 23.6. The molecule has 0 unspecified atom stereocenters. The summed E-state index contributed by atoms with van der Waals surface area (Å²) < 4.78 is 11.0. The zero-order valence-electron chi connectivity index (χ0n) is 20.6. The predicted octanol–water partition coefficient (Wildman–Crippen LogP) is 5.98. The zero-order chi connectivity index (χ0) is 25.4. The second-order valence-electron chi connectivity index (χ2n) is 9.44. The topological polar surface area (TPSA) is 64.6 Å². The summed E-state index contributed by atoms with van der Waals surface area (Å²) in [6.07, 6.45) is 0.259. The number of halogens is 1. The highest BCUT2D eigenvalue weighted by molar-refractivity contribution is 6.31. The molecule has 3 aromatic carbocycles. The normalized spacial score (nSPS) is 13.1. The van der Waals surface area contributed by atoms with Gasteiger partial charge in [-0.15, -0.1) is 0 Å². The fourth-order valence-electron chi connectivity index (χ4n) is 3.54. The Morgan fingerprint density at radius 2 is 1.51 bits per heavy atom. The van der Waals surface area contributed by atoms with Gasteiger partial charge in [-0.2, -0.15) is 0 Å². The molecular weight excluding hydrogens is 462 g/mol. The van der Waals surface area contributed by atoms with E-state index in [9.17, 15) is 9.59 Å². The number of hydrogen-bond acceptors (Lipinski definition) is 5. The number of ether oxygens (including phenoxy) is 2. The van der Waals surface area contributed by atoms with Gasteiger partial charge in [0.1, 0.15) is 24.3 Å². The van der Waals surface area contributed by atoms with Gasteiger partial charge in [0.15, 0.2) is 0 Å². The second kappa shape index (κ2) is 12.0. The summed E-state index contributed by atoms with van der Waals surface area (Å²) in [5.41, 5.74) is 3.06. The van der Waals surface area contributed by atoms with Crippen LogP contribution >= 0.6 is 11.6 Å². The maximum Gasteiger partial charge on any atom is 0.323 e. The summed E-state index contributed by atoms with van der Waals surface area (Å²) in [5.74, 6) is -0.906. The van der Waals surface area contributed by atoms with E-state index in [4.69, 9.17) is 21.1 Å². The van der Waals surface area contributed by atoms with Crippen molar-refractivity contribution >= 4 is 23.5 Å². The van der Waals surface area contributed by atoms with Gasteiger partial charge in [0, 0.05) is 5.02 Å². The summed E-state index contributed by atoms with van der Waals surface area (Å²) >= 11 is 6.62. The van der Waals surface area contributed by atoms with E-state index in [1.54, 1.807) is 27.7 Å². The summed E-state index contributed by atoms with van der Waals surface area (Å²) in [6.45, 7) is 7.22. The van der Waals surface area contributed by atoms with Crippen molar-refractivity contribution in [1.29, 1.82) is 0 Å². The molecular formula is C29H32ClNO4. The number of rotatable bonds is 9. The largest absolute Gasteiger partial charge is 0.460 e. The first-order valence-electron chi connectivity index (χ1n) is 11.7. The van der Waals surface area contributed by atoms with Crippen molar-refractivity contribution in [2.24, 2.45) is 0 Å². The molecule has 0 bridgehead atoms. The van der Waals surface area contributed by atoms with Gasteiger partial charge in [0.05, 0.1) is 0 Å². The van der Waals surface area contributed by atoms with Gasteiger partial charge in [-0.3, -0.25) is 14.9 Å². The molecule has 0 heterocycles. The Balaban J connectivity index is 1.77. The Morgan fingerprint density at radius 3 is 2.11 bits per heavy atom. The van der Waals surface area contributed by atoms with E-state index in [2.05, 4.69) is 5.32 Å². The third-order valence-corrected chi connectivity index (χ3v) is 5.66. The fraction of sp³-hybridized carbons (Fsp3) is 0.310. The van der Waals surface area contributed by atoms with Crippen LogP contribution in [0.1, 0.15) is 38.8 Å². The van der Waals surface area contributed by atoms with Gasteiger partial charge in [-0.1, -0.05) is 84.4 Å². The Hall–Kier alpha value is -3.15. The minimum atomic E-state index is -0.790. The number of esters is 2. The van der Waals surface area contributed by atoms with Gasteiger partial charge in [0.25, 0.3) is 0 Å². The van der Waals surface area contributed by atoms with Gasteiger partial charge >= 0.3 is 11.9 Å². The van der Waals surface area contributed by atoms with Crippen molar-refractivity contribution in [2.75, 3.05) is 0 Å². The molecule has 184 valence electrons. The minimum absolute atomic E-state index is 0.138. The maximum absolute atomic E-state index is 13.1. The lowest BCUT2D eigenvalue weighted by atomic mass is 10.00. The van der Waals surface area contributed by atoms with E-state index in [1.807, 2.05) is 78.9 Å². The second-order valence-corrected chi connectivity index (χ2v) is 9.85. The third-order valence-electron chi connectivity index (χ3n) is 5.30. The molecule has 35 heavy (non-hydrogen) atoms. The van der Waals surface area contributed by atoms with Crippen molar-refractivity contribution in [1.82, 2.24) is 5.32 Å². The van der Waals surface area contributed by atoms with Gasteiger partial charge < -0.3 is 9.47 Å². The van der Waals surface area contributed by atoms with Crippen LogP contribution in [0.3, 0.4) is 0 Å². The Morgan fingerprint density at radius 1 is 0.886 bits per heavy atom. The molecule has 0 spiro atoms. The van der Waals surface area contributed by atoms with Crippen LogP contribution in [0, 0.1) is 0 Å². The molecule has 0 saturated carbocycles. The molecule has 3 rings (SSSR count). The molecule has 0 aliphatic heterocycles. The van der Waals surface area contributed by atoms with Crippen LogP contribution in [0.5, 0.6) is 0 Å². The average molecular weight is 494 g/mol. The van der Waals surface area contributed by atoms with Crippen molar-refractivity contribution in [2.45, 2.75) is 58.4 Å². The van der Waals surface area contributed by atoms with Crippen LogP contribution in [0.25, 0.3) is 11.1 Å². The third kappa shape index (κ3) is 8.23. The Labute approximate surface area is 212 Å². The lowest BCUT2D eigenvalue weighted by Crippen LogP contribution is -2.49. The first-order chi connectivity index (χ1) is 16.6. The summed E-state index contributed by atoms with van der Waals surface area (Å²) in [4.78, 5) is 25.6. The number of hydrogen-bond donors (Lipinski definition) is 1. The zero-order valence-corrected chi connectivity index (χ0v) is 21.3. The van der Waals surface area contributed by atoms with Gasteiger partial charge in [-0.05, 0) is 62.4 Å². The monoisotopic (exact) mass is 493 g/mol. The van der Waals surface area contributed by atoms with Crippen LogP contribution in [0.4, 0.5) is 0 Å². The molecule has 5 nitrogen and oxygen atoms in total. The van der Waals surface area contributed by atoms with Gasteiger partial charge in [0.2, 0.25) is 0 Å². The average Bonchev–Trinajstić information content (AvgIpc) is 2.83. The van der Waals surface area contributed by atoms with Crippen LogP contribution in [-0.4, -0.2) is 29.6 Å². The van der Waals surface area contributed by atoms with Crippen LogP contribution in [0.15, 0.2) is 78.9 Å². The molecule has 1 N–H and O–H groups in total. The maximum atomic E-state index is 13.1. The Bertz CT molecular complexity index is 1130. The minimum Gasteiger partial charge on any atom is -0.460 e. The Kier molecular flexibility index (Phi) is 9.07. The molecule has 0 aliphatic carbocycles. The molecule has 0 aromatic heterocycles. The van der Waals surface area contributed by atoms with Crippen molar-refractivity contribution in [3.8, 4) is 11.1 Å². The first kappa shape index (κ1) is 26.5. The highest BCUT2D eigenvalue weighted by Gasteiger charge is 2.28. The molecule has 3 aromatic rings. The highest BCUT2D eigenvalue weighted by Crippen LogP contribution is 2.26.